The molecular formula is C17H16N4O4. The van der Waals surface area contributed by atoms with Gasteiger partial charge in [-0.1, -0.05) is 11.2 Å². The van der Waals surface area contributed by atoms with Gasteiger partial charge in [0.25, 0.3) is 0 Å². The number of hydrogen-bond donors (Lipinski definition) is 3. The SMILES string of the molecule is COc1ccc(-c2onc(NCc3cccnc3N)c2C(=O)O)cc1. The first-order valence-corrected chi connectivity index (χ1v) is 7.40. The summed E-state index contributed by atoms with van der Waals surface area (Å²) in [6.45, 7) is 0.272. The van der Waals surface area contributed by atoms with Crippen LogP contribution in [0.1, 0.15) is 15.9 Å². The van der Waals surface area contributed by atoms with E-state index in [0.29, 0.717) is 17.1 Å². The van der Waals surface area contributed by atoms with E-state index < -0.39 is 5.97 Å². The van der Waals surface area contributed by atoms with Crippen molar-refractivity contribution in [3.8, 4) is 17.1 Å². The maximum absolute atomic E-state index is 11.7. The van der Waals surface area contributed by atoms with Gasteiger partial charge in [-0.2, -0.15) is 0 Å². The highest BCUT2D eigenvalue weighted by molar-refractivity contribution is 5.99. The third kappa shape index (κ3) is 3.37. The Morgan fingerprint density at radius 3 is 2.72 bits per heavy atom. The van der Waals surface area contributed by atoms with Crippen LogP contribution in [0.4, 0.5) is 11.6 Å². The molecule has 3 rings (SSSR count). The Kier molecular flexibility index (Phi) is 4.51. The van der Waals surface area contributed by atoms with Crippen molar-refractivity contribution >= 4 is 17.6 Å². The average Bonchev–Trinajstić information content (AvgIpc) is 3.05. The molecule has 0 radical (unpaired) electrons. The lowest BCUT2D eigenvalue weighted by atomic mass is 10.1. The van der Waals surface area contributed by atoms with Gasteiger partial charge in [-0.05, 0) is 30.3 Å². The fourth-order valence-electron chi connectivity index (χ4n) is 2.33. The largest absolute Gasteiger partial charge is 0.497 e. The highest BCUT2D eigenvalue weighted by atomic mass is 16.5. The van der Waals surface area contributed by atoms with Gasteiger partial charge in [0.15, 0.2) is 17.1 Å². The number of hydrogen-bond acceptors (Lipinski definition) is 7. The zero-order chi connectivity index (χ0) is 17.8. The lowest BCUT2D eigenvalue weighted by molar-refractivity contribution is 0.0698. The number of carboxylic acids is 1. The predicted octanol–water partition coefficient (Wildman–Crippen LogP) is 2.64. The van der Waals surface area contributed by atoms with Crippen LogP contribution in [0.5, 0.6) is 5.75 Å². The van der Waals surface area contributed by atoms with E-state index in [-0.39, 0.29) is 23.7 Å². The number of benzene rings is 1. The molecule has 2 heterocycles. The number of rotatable bonds is 6. The fourth-order valence-corrected chi connectivity index (χ4v) is 2.33. The maximum atomic E-state index is 11.7. The molecule has 0 spiro atoms. The van der Waals surface area contributed by atoms with Crippen LogP contribution in [0.3, 0.4) is 0 Å². The van der Waals surface area contributed by atoms with E-state index >= 15 is 0 Å². The van der Waals surface area contributed by atoms with E-state index in [0.717, 1.165) is 5.56 Å². The number of carboxylic acid groups (broad SMARTS) is 1. The summed E-state index contributed by atoms with van der Waals surface area (Å²) in [6, 6.07) is 10.4. The van der Waals surface area contributed by atoms with Crippen LogP contribution in [0, 0.1) is 0 Å². The number of nitrogen functional groups attached to an aromatic ring is 1. The highest BCUT2D eigenvalue weighted by Crippen LogP contribution is 2.30. The summed E-state index contributed by atoms with van der Waals surface area (Å²) in [7, 11) is 1.55. The van der Waals surface area contributed by atoms with Gasteiger partial charge in [-0.25, -0.2) is 9.78 Å². The van der Waals surface area contributed by atoms with Gasteiger partial charge < -0.3 is 25.4 Å². The van der Waals surface area contributed by atoms with Crippen LogP contribution in [0.25, 0.3) is 11.3 Å². The summed E-state index contributed by atoms with van der Waals surface area (Å²) in [5, 5.41) is 16.3. The van der Waals surface area contributed by atoms with E-state index in [4.69, 9.17) is 15.0 Å². The molecule has 0 aliphatic heterocycles. The summed E-state index contributed by atoms with van der Waals surface area (Å²) >= 11 is 0. The van der Waals surface area contributed by atoms with Gasteiger partial charge in [0.2, 0.25) is 0 Å². The van der Waals surface area contributed by atoms with Crippen LogP contribution in [-0.2, 0) is 6.54 Å². The third-order valence-corrected chi connectivity index (χ3v) is 3.63. The van der Waals surface area contributed by atoms with Crippen LogP contribution in [0.2, 0.25) is 0 Å². The van der Waals surface area contributed by atoms with E-state index in [9.17, 15) is 9.90 Å². The van der Waals surface area contributed by atoms with Crippen LogP contribution < -0.4 is 15.8 Å². The van der Waals surface area contributed by atoms with Crippen molar-refractivity contribution < 1.29 is 19.2 Å². The molecule has 0 amide bonds. The maximum Gasteiger partial charge on any atom is 0.343 e. The average molecular weight is 340 g/mol. The Hall–Kier alpha value is -3.55. The first-order chi connectivity index (χ1) is 12.1. The van der Waals surface area contributed by atoms with Gasteiger partial charge in [0.1, 0.15) is 11.6 Å². The molecule has 0 aliphatic rings. The number of ether oxygens (including phenoxy) is 1. The van der Waals surface area contributed by atoms with Crippen LogP contribution >= 0.6 is 0 Å². The van der Waals surface area contributed by atoms with E-state index in [1.165, 1.54) is 0 Å². The first kappa shape index (κ1) is 16.3. The number of methoxy groups -OCH3 is 1. The molecule has 4 N–H and O–H groups in total. The molecule has 0 saturated carbocycles. The summed E-state index contributed by atoms with van der Waals surface area (Å²) in [5.41, 5.74) is 7.05. The number of nitrogens with two attached hydrogens (primary N) is 1. The van der Waals surface area contributed by atoms with Crippen molar-refractivity contribution in [2.45, 2.75) is 6.54 Å². The summed E-state index contributed by atoms with van der Waals surface area (Å²) < 4.78 is 10.3. The zero-order valence-corrected chi connectivity index (χ0v) is 13.4. The number of aromatic nitrogens is 2. The Bertz CT molecular complexity index is 890. The number of nitrogens with zero attached hydrogens (tertiary/aromatic N) is 2. The number of anilines is 2. The van der Waals surface area contributed by atoms with Crippen LogP contribution in [0.15, 0.2) is 47.1 Å². The molecule has 0 unspecified atom stereocenters. The zero-order valence-electron chi connectivity index (χ0n) is 13.4. The van der Waals surface area contributed by atoms with Gasteiger partial charge in [0, 0.05) is 23.9 Å². The van der Waals surface area contributed by atoms with Crippen molar-refractivity contribution in [1.82, 2.24) is 10.1 Å². The minimum atomic E-state index is -1.14. The lowest BCUT2D eigenvalue weighted by Crippen LogP contribution is -2.08. The van der Waals surface area contributed by atoms with Crippen molar-refractivity contribution in [1.29, 1.82) is 0 Å². The first-order valence-electron chi connectivity index (χ1n) is 7.40. The third-order valence-electron chi connectivity index (χ3n) is 3.63. The second kappa shape index (κ2) is 6.91. The molecule has 0 aliphatic carbocycles. The quantitative estimate of drug-likeness (QED) is 0.625. The molecule has 0 bridgehead atoms. The Morgan fingerprint density at radius 2 is 2.08 bits per heavy atom. The number of nitrogens with one attached hydrogen (secondary N) is 1. The highest BCUT2D eigenvalue weighted by Gasteiger charge is 2.24. The summed E-state index contributed by atoms with van der Waals surface area (Å²) in [6.07, 6.45) is 1.58. The minimum Gasteiger partial charge on any atom is -0.497 e. The molecule has 8 nitrogen and oxygen atoms in total. The molecule has 2 aromatic heterocycles. The second-order valence-corrected chi connectivity index (χ2v) is 5.17. The Balaban J connectivity index is 1.89. The molecular weight excluding hydrogens is 324 g/mol. The molecule has 3 aromatic rings. The molecule has 25 heavy (non-hydrogen) atoms. The number of pyridine rings is 1. The van der Waals surface area contributed by atoms with E-state index in [1.54, 1.807) is 49.7 Å². The molecule has 0 saturated heterocycles. The Labute approximate surface area is 143 Å². The van der Waals surface area contributed by atoms with Gasteiger partial charge >= 0.3 is 5.97 Å². The van der Waals surface area contributed by atoms with E-state index in [2.05, 4.69) is 15.5 Å². The smallest absolute Gasteiger partial charge is 0.343 e. The van der Waals surface area contributed by atoms with Crippen molar-refractivity contribution in [3.05, 3.63) is 53.7 Å². The second-order valence-electron chi connectivity index (χ2n) is 5.17. The van der Waals surface area contributed by atoms with Crippen molar-refractivity contribution in [2.24, 2.45) is 0 Å². The fraction of sp³-hybridized carbons (Fsp3) is 0.118. The summed E-state index contributed by atoms with van der Waals surface area (Å²) in [4.78, 5) is 15.7. The van der Waals surface area contributed by atoms with Gasteiger partial charge in [-0.3, -0.25) is 0 Å². The predicted molar refractivity (Wildman–Crippen MR) is 91.4 cm³/mol. The molecule has 128 valence electrons. The molecule has 0 atom stereocenters. The molecule has 0 fully saturated rings. The van der Waals surface area contributed by atoms with Gasteiger partial charge in [-0.15, -0.1) is 0 Å². The van der Waals surface area contributed by atoms with Crippen LogP contribution in [-0.4, -0.2) is 28.3 Å². The minimum absolute atomic E-state index is 0.0485. The van der Waals surface area contributed by atoms with Crippen molar-refractivity contribution in [2.75, 3.05) is 18.2 Å². The van der Waals surface area contributed by atoms with Gasteiger partial charge in [0.05, 0.1) is 7.11 Å². The Morgan fingerprint density at radius 1 is 1.32 bits per heavy atom. The normalized spacial score (nSPS) is 10.4. The summed E-state index contributed by atoms with van der Waals surface area (Å²) in [5.74, 6) is 0.170. The van der Waals surface area contributed by atoms with Crippen molar-refractivity contribution in [3.63, 3.8) is 0 Å². The topological polar surface area (TPSA) is 124 Å². The monoisotopic (exact) mass is 340 g/mol. The standard InChI is InChI=1S/C17H16N4O4/c1-24-12-6-4-10(5-7-12)14-13(17(22)23)16(21-25-14)20-9-11-3-2-8-19-15(11)18/h2-8H,9H2,1H3,(H2,18,19)(H,20,21)(H,22,23). The van der Waals surface area contributed by atoms with E-state index in [1.807, 2.05) is 0 Å². The number of carbonyl (C=O) groups is 1. The molecule has 1 aromatic carbocycles. The molecule has 8 heteroatoms. The number of aromatic carboxylic acids is 1. The lowest BCUT2D eigenvalue weighted by Gasteiger charge is -2.06.